The van der Waals surface area contributed by atoms with Gasteiger partial charge in [-0.05, 0) is 23.8 Å². The van der Waals surface area contributed by atoms with Gasteiger partial charge < -0.3 is 9.84 Å². The van der Waals surface area contributed by atoms with Crippen LogP contribution in [0.15, 0.2) is 22.7 Å². The molecule has 0 saturated carbocycles. The normalized spacial score (nSPS) is 12.6. The second kappa shape index (κ2) is 4.63. The monoisotopic (exact) mass is 244 g/mol. The predicted octanol–water partition coefficient (Wildman–Crippen LogP) is 2.55. The first-order valence-electron chi connectivity index (χ1n) is 4.12. The molecule has 3 heteroatoms. The highest BCUT2D eigenvalue weighted by atomic mass is 79.9. The molecule has 0 bridgehead atoms. The molecule has 0 radical (unpaired) electrons. The fraction of sp³-hybridized carbons (Fsp3) is 0.400. The number of hydrogen-bond donors (Lipinski definition) is 1. The van der Waals surface area contributed by atoms with E-state index < -0.39 is 0 Å². The summed E-state index contributed by atoms with van der Waals surface area (Å²) in [5.74, 6) is 0.955. The molecule has 0 spiro atoms. The third-order valence-corrected chi connectivity index (χ3v) is 2.43. The van der Waals surface area contributed by atoms with Crippen LogP contribution in [0.4, 0.5) is 0 Å². The van der Waals surface area contributed by atoms with E-state index in [0.717, 1.165) is 15.8 Å². The molecule has 13 heavy (non-hydrogen) atoms. The Morgan fingerprint density at radius 3 is 2.69 bits per heavy atom. The molecule has 1 aromatic carbocycles. The van der Waals surface area contributed by atoms with Crippen LogP contribution in [0.25, 0.3) is 0 Å². The highest BCUT2D eigenvalue weighted by Gasteiger charge is 2.06. The lowest BCUT2D eigenvalue weighted by molar-refractivity contribution is 0.273. The molecule has 1 rings (SSSR count). The van der Waals surface area contributed by atoms with Gasteiger partial charge >= 0.3 is 0 Å². The first kappa shape index (κ1) is 10.5. The lowest BCUT2D eigenvalue weighted by Gasteiger charge is -2.10. The maximum Gasteiger partial charge on any atom is 0.120 e. The van der Waals surface area contributed by atoms with Gasteiger partial charge in [-0.3, -0.25) is 0 Å². The van der Waals surface area contributed by atoms with Gasteiger partial charge in [0.15, 0.2) is 0 Å². The predicted molar refractivity (Wildman–Crippen MR) is 56.2 cm³/mol. The van der Waals surface area contributed by atoms with E-state index in [0.29, 0.717) is 0 Å². The smallest absolute Gasteiger partial charge is 0.120 e. The number of aliphatic hydroxyl groups is 1. The van der Waals surface area contributed by atoms with E-state index in [9.17, 15) is 0 Å². The molecule has 0 aliphatic rings. The van der Waals surface area contributed by atoms with Gasteiger partial charge in [-0.2, -0.15) is 0 Å². The molecule has 0 aromatic heterocycles. The second-order valence-corrected chi connectivity index (χ2v) is 3.92. The van der Waals surface area contributed by atoms with Crippen molar-refractivity contribution >= 4 is 15.9 Å². The molecule has 0 aliphatic heterocycles. The van der Waals surface area contributed by atoms with Crippen LogP contribution in [0.2, 0.25) is 0 Å². The van der Waals surface area contributed by atoms with Crippen molar-refractivity contribution in [2.75, 3.05) is 13.7 Å². The molecule has 1 N–H and O–H groups in total. The van der Waals surface area contributed by atoms with Crippen molar-refractivity contribution < 1.29 is 9.84 Å². The average Bonchev–Trinajstić information content (AvgIpc) is 2.15. The summed E-state index contributed by atoms with van der Waals surface area (Å²) in [5, 5.41) is 8.99. The van der Waals surface area contributed by atoms with E-state index in [1.165, 1.54) is 0 Å². The number of rotatable bonds is 3. The summed E-state index contributed by atoms with van der Waals surface area (Å²) < 4.78 is 6.09. The standard InChI is InChI=1S/C10H13BrO2/c1-7(6-12)8-3-9(11)5-10(4-8)13-2/h3-5,7,12H,6H2,1-2H3. The van der Waals surface area contributed by atoms with Gasteiger partial charge in [0.05, 0.1) is 7.11 Å². The Bertz CT molecular complexity index is 286. The second-order valence-electron chi connectivity index (χ2n) is 3.01. The fourth-order valence-electron chi connectivity index (χ4n) is 1.09. The zero-order valence-corrected chi connectivity index (χ0v) is 9.34. The summed E-state index contributed by atoms with van der Waals surface area (Å²) in [4.78, 5) is 0. The minimum absolute atomic E-state index is 0.145. The van der Waals surface area contributed by atoms with Crippen molar-refractivity contribution in [3.8, 4) is 5.75 Å². The maximum absolute atomic E-state index is 8.99. The number of aliphatic hydroxyl groups excluding tert-OH is 1. The molecule has 0 saturated heterocycles. The van der Waals surface area contributed by atoms with E-state index in [1.807, 2.05) is 25.1 Å². The quantitative estimate of drug-likeness (QED) is 0.886. The minimum atomic E-state index is 0.145. The zero-order valence-electron chi connectivity index (χ0n) is 7.75. The molecule has 1 aromatic rings. The molecule has 0 aliphatic carbocycles. The van der Waals surface area contributed by atoms with Crippen LogP contribution in [0.5, 0.6) is 5.75 Å². The SMILES string of the molecule is COc1cc(Br)cc(C(C)CO)c1. The summed E-state index contributed by atoms with van der Waals surface area (Å²) in [6, 6.07) is 5.82. The van der Waals surface area contributed by atoms with Crippen molar-refractivity contribution in [1.82, 2.24) is 0 Å². The van der Waals surface area contributed by atoms with Crippen LogP contribution in [-0.4, -0.2) is 18.8 Å². The fourth-order valence-corrected chi connectivity index (χ4v) is 1.58. The third-order valence-electron chi connectivity index (χ3n) is 1.97. The van der Waals surface area contributed by atoms with Crippen LogP contribution < -0.4 is 4.74 Å². The maximum atomic E-state index is 8.99. The number of benzene rings is 1. The number of ether oxygens (including phenoxy) is 1. The van der Waals surface area contributed by atoms with Gasteiger partial charge in [0.1, 0.15) is 5.75 Å². The van der Waals surface area contributed by atoms with Crippen molar-refractivity contribution in [1.29, 1.82) is 0 Å². The third kappa shape index (κ3) is 2.71. The Morgan fingerprint density at radius 1 is 1.46 bits per heavy atom. The average molecular weight is 245 g/mol. The van der Waals surface area contributed by atoms with E-state index in [2.05, 4.69) is 15.9 Å². The summed E-state index contributed by atoms with van der Waals surface area (Å²) in [6.45, 7) is 2.13. The molecule has 2 nitrogen and oxygen atoms in total. The van der Waals surface area contributed by atoms with Crippen molar-refractivity contribution in [2.45, 2.75) is 12.8 Å². The minimum Gasteiger partial charge on any atom is -0.497 e. The van der Waals surface area contributed by atoms with Crippen molar-refractivity contribution in [3.63, 3.8) is 0 Å². The van der Waals surface area contributed by atoms with Crippen LogP contribution in [0.1, 0.15) is 18.4 Å². The largest absolute Gasteiger partial charge is 0.497 e. The van der Waals surface area contributed by atoms with Crippen LogP contribution in [0.3, 0.4) is 0 Å². The van der Waals surface area contributed by atoms with Crippen LogP contribution >= 0.6 is 15.9 Å². The highest BCUT2D eigenvalue weighted by molar-refractivity contribution is 9.10. The van der Waals surface area contributed by atoms with Gasteiger partial charge in [0, 0.05) is 17.0 Å². The Balaban J connectivity index is 3.01. The Labute approximate surface area is 86.7 Å². The van der Waals surface area contributed by atoms with Crippen molar-refractivity contribution in [3.05, 3.63) is 28.2 Å². The molecule has 72 valence electrons. The number of halogens is 1. The van der Waals surface area contributed by atoms with Crippen LogP contribution in [-0.2, 0) is 0 Å². The van der Waals surface area contributed by atoms with Gasteiger partial charge in [-0.1, -0.05) is 22.9 Å². The first-order chi connectivity index (χ1) is 6.17. The molecule has 1 atom stereocenters. The van der Waals surface area contributed by atoms with Crippen molar-refractivity contribution in [2.24, 2.45) is 0 Å². The van der Waals surface area contributed by atoms with Crippen LogP contribution in [0, 0.1) is 0 Å². The molecule has 0 amide bonds. The zero-order chi connectivity index (χ0) is 9.84. The molecule has 0 fully saturated rings. The Kier molecular flexibility index (Phi) is 3.75. The van der Waals surface area contributed by atoms with E-state index >= 15 is 0 Å². The molecule has 1 unspecified atom stereocenters. The number of hydrogen-bond acceptors (Lipinski definition) is 2. The van der Waals surface area contributed by atoms with E-state index in [-0.39, 0.29) is 12.5 Å². The Morgan fingerprint density at radius 2 is 2.15 bits per heavy atom. The topological polar surface area (TPSA) is 29.5 Å². The summed E-state index contributed by atoms with van der Waals surface area (Å²) >= 11 is 3.39. The first-order valence-corrected chi connectivity index (χ1v) is 4.92. The van der Waals surface area contributed by atoms with Gasteiger partial charge in [0.2, 0.25) is 0 Å². The van der Waals surface area contributed by atoms with Gasteiger partial charge in [-0.15, -0.1) is 0 Å². The summed E-state index contributed by atoms with van der Waals surface area (Å²) in [6.07, 6.45) is 0. The highest BCUT2D eigenvalue weighted by Crippen LogP contribution is 2.25. The molecular formula is C10H13BrO2. The lowest BCUT2D eigenvalue weighted by atomic mass is 10.0. The Hall–Kier alpha value is -0.540. The summed E-state index contributed by atoms with van der Waals surface area (Å²) in [5.41, 5.74) is 1.08. The lowest BCUT2D eigenvalue weighted by Crippen LogP contribution is -1.99. The van der Waals surface area contributed by atoms with E-state index in [4.69, 9.17) is 9.84 Å². The van der Waals surface area contributed by atoms with Gasteiger partial charge in [0.25, 0.3) is 0 Å². The molecule has 0 heterocycles. The summed E-state index contributed by atoms with van der Waals surface area (Å²) in [7, 11) is 1.63. The van der Waals surface area contributed by atoms with E-state index in [1.54, 1.807) is 7.11 Å². The molecular weight excluding hydrogens is 232 g/mol. The van der Waals surface area contributed by atoms with Gasteiger partial charge in [-0.25, -0.2) is 0 Å². The number of methoxy groups -OCH3 is 1.